The van der Waals surface area contributed by atoms with E-state index in [0.717, 1.165) is 36.1 Å². The third-order valence-corrected chi connectivity index (χ3v) is 9.29. The van der Waals surface area contributed by atoms with E-state index in [4.69, 9.17) is 5.73 Å². The van der Waals surface area contributed by atoms with Crippen LogP contribution in [0.2, 0.25) is 0 Å². The molecule has 0 radical (unpaired) electrons. The van der Waals surface area contributed by atoms with Crippen LogP contribution in [0.15, 0.2) is 0 Å². The molecule has 0 amide bonds. The van der Waals surface area contributed by atoms with Gasteiger partial charge in [0, 0.05) is 0 Å². The van der Waals surface area contributed by atoms with Crippen molar-refractivity contribution in [2.75, 3.05) is 6.54 Å². The Kier molecular flexibility index (Phi) is 3.87. The van der Waals surface area contributed by atoms with Crippen molar-refractivity contribution in [3.8, 4) is 0 Å². The van der Waals surface area contributed by atoms with Gasteiger partial charge in [-0.15, -0.1) is 0 Å². The van der Waals surface area contributed by atoms with Crippen LogP contribution in [0.1, 0.15) is 84.5 Å². The van der Waals surface area contributed by atoms with Crippen molar-refractivity contribution in [2.24, 2.45) is 46.2 Å². The average Bonchev–Trinajstić information content (AvgIpc) is 2.84. The first-order valence-corrected chi connectivity index (χ1v) is 10.3. The summed E-state index contributed by atoms with van der Waals surface area (Å²) < 4.78 is 0. The number of hydrogen-bond donors (Lipinski definition) is 1. The number of rotatable bonds is 2. The third kappa shape index (κ3) is 2.06. The highest BCUT2D eigenvalue weighted by Gasteiger charge is 2.59. The van der Waals surface area contributed by atoms with E-state index in [-0.39, 0.29) is 0 Å². The Morgan fingerprint density at radius 2 is 1.64 bits per heavy atom. The highest BCUT2D eigenvalue weighted by Crippen LogP contribution is 2.67. The molecule has 2 N–H and O–H groups in total. The Bertz CT molecular complexity index is 418. The summed E-state index contributed by atoms with van der Waals surface area (Å²) in [5.74, 6) is 5.14. The van der Waals surface area contributed by atoms with Crippen LogP contribution in [-0.4, -0.2) is 6.54 Å². The van der Waals surface area contributed by atoms with E-state index in [1.54, 1.807) is 12.8 Å². The van der Waals surface area contributed by atoms with E-state index < -0.39 is 0 Å². The monoisotopic (exact) mass is 303 g/mol. The Balaban J connectivity index is 1.59. The molecule has 0 aromatic rings. The highest BCUT2D eigenvalue weighted by molar-refractivity contribution is 5.08. The van der Waals surface area contributed by atoms with Crippen molar-refractivity contribution >= 4 is 0 Å². The zero-order valence-electron chi connectivity index (χ0n) is 14.9. The van der Waals surface area contributed by atoms with Crippen LogP contribution < -0.4 is 5.73 Å². The standard InChI is InChI=1S/C21H37N/c1-20-12-4-3-5-15(20)6-8-17-18-9-7-16(11-14-22)21(18,2)13-10-19(17)20/h15-19H,3-14,22H2,1-2H3/t15?,16-,17+,18+,19+,20+,21-/m1/s1. The molecular formula is C21H37N. The van der Waals surface area contributed by atoms with E-state index in [0.29, 0.717) is 10.8 Å². The molecule has 0 saturated heterocycles. The predicted octanol–water partition coefficient (Wildman–Crippen LogP) is 5.38. The van der Waals surface area contributed by atoms with E-state index in [9.17, 15) is 0 Å². The first-order chi connectivity index (χ1) is 10.6. The lowest BCUT2D eigenvalue weighted by atomic mass is 9.45. The van der Waals surface area contributed by atoms with Crippen LogP contribution in [0.5, 0.6) is 0 Å². The van der Waals surface area contributed by atoms with Crippen LogP contribution in [0.4, 0.5) is 0 Å². The zero-order valence-corrected chi connectivity index (χ0v) is 14.9. The second kappa shape index (κ2) is 5.50. The summed E-state index contributed by atoms with van der Waals surface area (Å²) in [5, 5.41) is 0. The summed E-state index contributed by atoms with van der Waals surface area (Å²) in [6.07, 6.45) is 16.5. The Labute approximate surface area is 137 Å². The van der Waals surface area contributed by atoms with Gasteiger partial charge in [0.25, 0.3) is 0 Å². The van der Waals surface area contributed by atoms with Crippen LogP contribution in [0, 0.1) is 40.4 Å². The summed E-state index contributed by atoms with van der Waals surface area (Å²) in [5.41, 5.74) is 7.27. The minimum absolute atomic E-state index is 0.637. The fraction of sp³-hybridized carbons (Fsp3) is 1.00. The quantitative estimate of drug-likeness (QED) is 0.727. The maximum absolute atomic E-state index is 5.93. The lowest BCUT2D eigenvalue weighted by molar-refractivity contribution is -0.111. The SMILES string of the molecule is C[C@]12CC[C@H]3[C@@H](CCC4CCCC[C@@]43C)[C@@H]1CC[C@@H]2CCN. The molecule has 1 unspecified atom stereocenters. The number of fused-ring (bicyclic) bond motifs is 5. The minimum Gasteiger partial charge on any atom is -0.330 e. The minimum atomic E-state index is 0.637. The normalized spacial score (nSPS) is 54.4. The first kappa shape index (κ1) is 15.5. The van der Waals surface area contributed by atoms with Crippen LogP contribution in [0.3, 0.4) is 0 Å². The smallest absolute Gasteiger partial charge is 0.00744 e. The second-order valence-electron chi connectivity index (χ2n) is 9.80. The molecule has 4 fully saturated rings. The molecule has 0 heterocycles. The van der Waals surface area contributed by atoms with Crippen LogP contribution in [-0.2, 0) is 0 Å². The third-order valence-electron chi connectivity index (χ3n) is 9.29. The van der Waals surface area contributed by atoms with E-state index >= 15 is 0 Å². The van der Waals surface area contributed by atoms with Gasteiger partial charge < -0.3 is 5.73 Å². The van der Waals surface area contributed by atoms with E-state index in [1.165, 1.54) is 57.8 Å². The molecule has 126 valence electrons. The number of hydrogen-bond acceptors (Lipinski definition) is 1. The van der Waals surface area contributed by atoms with Crippen LogP contribution >= 0.6 is 0 Å². The molecule has 4 rings (SSSR count). The summed E-state index contributed by atoms with van der Waals surface area (Å²) in [6.45, 7) is 6.25. The lowest BCUT2D eigenvalue weighted by Crippen LogP contribution is -2.52. The molecule has 4 aliphatic rings. The van der Waals surface area contributed by atoms with Crippen molar-refractivity contribution < 1.29 is 0 Å². The van der Waals surface area contributed by atoms with Crippen molar-refractivity contribution in [2.45, 2.75) is 84.5 Å². The van der Waals surface area contributed by atoms with Crippen molar-refractivity contribution in [1.82, 2.24) is 0 Å². The topological polar surface area (TPSA) is 26.0 Å². The maximum Gasteiger partial charge on any atom is -0.00744 e. The Morgan fingerprint density at radius 3 is 2.45 bits per heavy atom. The van der Waals surface area contributed by atoms with Gasteiger partial charge in [0.2, 0.25) is 0 Å². The van der Waals surface area contributed by atoms with Gasteiger partial charge in [-0.3, -0.25) is 0 Å². The highest BCUT2D eigenvalue weighted by atomic mass is 14.6. The van der Waals surface area contributed by atoms with Gasteiger partial charge >= 0.3 is 0 Å². The molecule has 22 heavy (non-hydrogen) atoms. The molecule has 4 aliphatic carbocycles. The van der Waals surface area contributed by atoms with Crippen LogP contribution in [0.25, 0.3) is 0 Å². The van der Waals surface area contributed by atoms with Crippen molar-refractivity contribution in [3.63, 3.8) is 0 Å². The molecule has 7 atom stereocenters. The fourth-order valence-electron chi connectivity index (χ4n) is 8.08. The molecule has 0 bridgehead atoms. The molecule has 1 heteroatoms. The molecule has 0 aromatic carbocycles. The summed E-state index contributed by atoms with van der Waals surface area (Å²) in [6, 6.07) is 0. The maximum atomic E-state index is 5.93. The van der Waals surface area contributed by atoms with Gasteiger partial charge in [-0.2, -0.15) is 0 Å². The summed E-state index contributed by atoms with van der Waals surface area (Å²) in [7, 11) is 0. The largest absolute Gasteiger partial charge is 0.330 e. The lowest BCUT2D eigenvalue weighted by Gasteiger charge is -2.60. The van der Waals surface area contributed by atoms with E-state index in [1.807, 2.05) is 0 Å². The number of nitrogens with two attached hydrogens (primary N) is 1. The fourth-order valence-corrected chi connectivity index (χ4v) is 8.08. The summed E-state index contributed by atoms with van der Waals surface area (Å²) >= 11 is 0. The van der Waals surface area contributed by atoms with Gasteiger partial charge in [0.15, 0.2) is 0 Å². The molecule has 0 aliphatic heterocycles. The van der Waals surface area contributed by atoms with Gasteiger partial charge in [-0.25, -0.2) is 0 Å². The Morgan fingerprint density at radius 1 is 0.818 bits per heavy atom. The first-order valence-electron chi connectivity index (χ1n) is 10.3. The van der Waals surface area contributed by atoms with Crippen molar-refractivity contribution in [1.29, 1.82) is 0 Å². The second-order valence-corrected chi connectivity index (χ2v) is 9.80. The van der Waals surface area contributed by atoms with E-state index in [2.05, 4.69) is 13.8 Å². The van der Waals surface area contributed by atoms with Gasteiger partial charge in [0.05, 0.1) is 0 Å². The average molecular weight is 304 g/mol. The zero-order chi connectivity index (χ0) is 15.4. The molecule has 0 aromatic heterocycles. The molecular weight excluding hydrogens is 266 g/mol. The van der Waals surface area contributed by atoms with Gasteiger partial charge in [-0.05, 0) is 105 Å². The molecule has 1 nitrogen and oxygen atoms in total. The van der Waals surface area contributed by atoms with Crippen molar-refractivity contribution in [3.05, 3.63) is 0 Å². The Hall–Kier alpha value is -0.0400. The molecule has 4 saturated carbocycles. The van der Waals surface area contributed by atoms with Gasteiger partial charge in [0.1, 0.15) is 0 Å². The van der Waals surface area contributed by atoms with Gasteiger partial charge in [-0.1, -0.05) is 26.7 Å². The summed E-state index contributed by atoms with van der Waals surface area (Å²) in [4.78, 5) is 0. The predicted molar refractivity (Wildman–Crippen MR) is 93.5 cm³/mol. The molecule has 0 spiro atoms.